The Bertz CT molecular complexity index is 746. The van der Waals surface area contributed by atoms with E-state index in [-0.39, 0.29) is 17.1 Å². The molecule has 180 valence electrons. The van der Waals surface area contributed by atoms with Crippen molar-refractivity contribution in [1.82, 2.24) is 9.80 Å². The van der Waals surface area contributed by atoms with Crippen LogP contribution in [0.4, 0.5) is 13.2 Å². The van der Waals surface area contributed by atoms with Gasteiger partial charge in [0, 0.05) is 45.6 Å². The standard InChI is InChI=1S/C17H30N2O4S.C2HF3O2/c1-23-11-15-9-17(13-19(15)10-14-3-4-14)5-7-18(8-6-17)16(20)12-24(2,21)22;3-2(4,5)1(6)7/h14-15H,3-13H2,1-2H3;(H,6,7). The maximum Gasteiger partial charge on any atom is 0.490 e. The predicted molar refractivity (Wildman–Crippen MR) is 106 cm³/mol. The first kappa shape index (κ1) is 25.9. The molecule has 8 nitrogen and oxygen atoms in total. The molecule has 0 aromatic rings. The fourth-order valence-electron chi connectivity index (χ4n) is 4.36. The van der Waals surface area contributed by atoms with Crippen LogP contribution in [0.5, 0.6) is 0 Å². The van der Waals surface area contributed by atoms with Crippen molar-refractivity contribution >= 4 is 21.7 Å². The lowest BCUT2D eigenvalue weighted by Crippen LogP contribution is -2.46. The number of aliphatic carboxylic acids is 1. The quantitative estimate of drug-likeness (QED) is 0.623. The summed E-state index contributed by atoms with van der Waals surface area (Å²) in [5.41, 5.74) is 0.278. The van der Waals surface area contributed by atoms with Crippen LogP contribution >= 0.6 is 0 Å². The van der Waals surface area contributed by atoms with E-state index in [2.05, 4.69) is 4.90 Å². The average Bonchev–Trinajstić information content (AvgIpc) is 3.38. The number of methoxy groups -OCH3 is 1. The molecule has 1 aliphatic carbocycles. The summed E-state index contributed by atoms with van der Waals surface area (Å²) < 4.78 is 59.8. The van der Waals surface area contributed by atoms with Crippen LogP contribution in [-0.4, -0.2) is 99.3 Å². The number of carboxylic acid groups (broad SMARTS) is 1. The Kier molecular flexibility index (Phi) is 8.37. The van der Waals surface area contributed by atoms with Gasteiger partial charge in [-0.25, -0.2) is 13.2 Å². The number of hydrogen-bond donors (Lipinski definition) is 1. The monoisotopic (exact) mass is 472 g/mol. The third kappa shape index (κ3) is 8.23. The summed E-state index contributed by atoms with van der Waals surface area (Å²) >= 11 is 0. The molecule has 12 heteroatoms. The van der Waals surface area contributed by atoms with Gasteiger partial charge in [-0.05, 0) is 43.4 Å². The largest absolute Gasteiger partial charge is 0.490 e. The minimum Gasteiger partial charge on any atom is -0.475 e. The molecule has 0 aromatic carbocycles. The van der Waals surface area contributed by atoms with Crippen molar-refractivity contribution < 1.29 is 41.0 Å². The summed E-state index contributed by atoms with van der Waals surface area (Å²) in [6.07, 6.45) is 1.85. The molecule has 3 fully saturated rings. The normalized spacial score (nSPS) is 24.0. The third-order valence-electron chi connectivity index (χ3n) is 6.08. The summed E-state index contributed by atoms with van der Waals surface area (Å²) in [4.78, 5) is 25.4. The zero-order valence-corrected chi connectivity index (χ0v) is 18.7. The highest BCUT2D eigenvalue weighted by atomic mass is 32.2. The van der Waals surface area contributed by atoms with Crippen LogP contribution in [0.25, 0.3) is 0 Å². The smallest absolute Gasteiger partial charge is 0.475 e. The molecular weight excluding hydrogens is 441 g/mol. The molecule has 1 N–H and O–H groups in total. The van der Waals surface area contributed by atoms with E-state index in [1.807, 2.05) is 0 Å². The van der Waals surface area contributed by atoms with Gasteiger partial charge >= 0.3 is 12.1 Å². The van der Waals surface area contributed by atoms with Crippen LogP contribution in [0.1, 0.15) is 32.1 Å². The number of halogens is 3. The number of hydrogen-bond acceptors (Lipinski definition) is 6. The minimum atomic E-state index is -5.08. The van der Waals surface area contributed by atoms with E-state index in [9.17, 15) is 26.4 Å². The number of rotatable bonds is 6. The van der Waals surface area contributed by atoms with E-state index in [1.165, 1.54) is 19.4 Å². The number of amides is 1. The zero-order valence-electron chi connectivity index (χ0n) is 17.9. The Morgan fingerprint density at radius 1 is 1.19 bits per heavy atom. The van der Waals surface area contributed by atoms with Crippen molar-refractivity contribution in [3.05, 3.63) is 0 Å². The van der Waals surface area contributed by atoms with E-state index in [4.69, 9.17) is 14.6 Å². The van der Waals surface area contributed by atoms with Crippen LogP contribution < -0.4 is 0 Å². The topological polar surface area (TPSA) is 104 Å². The Balaban J connectivity index is 0.000000423. The van der Waals surface area contributed by atoms with Gasteiger partial charge in [-0.3, -0.25) is 9.69 Å². The second-order valence-electron chi connectivity index (χ2n) is 8.94. The lowest BCUT2D eigenvalue weighted by molar-refractivity contribution is -0.192. The van der Waals surface area contributed by atoms with Crippen LogP contribution in [0.3, 0.4) is 0 Å². The maximum atomic E-state index is 12.1. The van der Waals surface area contributed by atoms with Gasteiger partial charge in [0.2, 0.25) is 5.91 Å². The third-order valence-corrected chi connectivity index (χ3v) is 6.85. The highest BCUT2D eigenvalue weighted by Gasteiger charge is 2.47. The number of likely N-dealkylation sites (tertiary alicyclic amines) is 2. The first-order valence-electron chi connectivity index (χ1n) is 10.2. The predicted octanol–water partition coefficient (Wildman–Crippen LogP) is 1.40. The summed E-state index contributed by atoms with van der Waals surface area (Å²) in [5, 5.41) is 7.12. The Labute approximate surface area is 180 Å². The number of carbonyl (C=O) groups is 2. The van der Waals surface area contributed by atoms with Crippen molar-refractivity contribution in [3.8, 4) is 0 Å². The molecule has 1 spiro atoms. The highest BCUT2D eigenvalue weighted by molar-refractivity contribution is 7.91. The van der Waals surface area contributed by atoms with E-state index in [1.54, 1.807) is 12.0 Å². The van der Waals surface area contributed by atoms with Gasteiger partial charge in [-0.15, -0.1) is 0 Å². The number of alkyl halides is 3. The van der Waals surface area contributed by atoms with Crippen molar-refractivity contribution in [2.45, 2.75) is 44.3 Å². The number of ether oxygens (including phenoxy) is 1. The van der Waals surface area contributed by atoms with E-state index in [0.717, 1.165) is 44.6 Å². The summed E-state index contributed by atoms with van der Waals surface area (Å²) in [5.74, 6) is -2.49. The second kappa shape index (κ2) is 10.0. The molecule has 3 aliphatic rings. The molecule has 0 aromatic heterocycles. The molecule has 2 heterocycles. The second-order valence-corrected chi connectivity index (χ2v) is 11.1. The highest BCUT2D eigenvalue weighted by Crippen LogP contribution is 2.45. The van der Waals surface area contributed by atoms with Crippen molar-refractivity contribution in [1.29, 1.82) is 0 Å². The van der Waals surface area contributed by atoms with Gasteiger partial charge in [-0.1, -0.05) is 0 Å². The average molecular weight is 473 g/mol. The first-order chi connectivity index (χ1) is 14.2. The summed E-state index contributed by atoms with van der Waals surface area (Å²) in [6.45, 7) is 4.44. The zero-order chi connectivity index (χ0) is 23.4. The number of carbonyl (C=O) groups excluding carboxylic acids is 1. The molecule has 2 saturated heterocycles. The van der Waals surface area contributed by atoms with Gasteiger partial charge in [0.1, 0.15) is 5.75 Å². The number of piperidine rings is 1. The fraction of sp³-hybridized carbons (Fsp3) is 0.895. The summed E-state index contributed by atoms with van der Waals surface area (Å²) in [6, 6.07) is 0.494. The minimum absolute atomic E-state index is 0.242. The van der Waals surface area contributed by atoms with E-state index >= 15 is 0 Å². The molecule has 0 bridgehead atoms. The van der Waals surface area contributed by atoms with Gasteiger partial charge in [0.25, 0.3) is 0 Å². The Morgan fingerprint density at radius 2 is 1.74 bits per heavy atom. The van der Waals surface area contributed by atoms with Gasteiger partial charge in [-0.2, -0.15) is 13.2 Å². The van der Waals surface area contributed by atoms with Crippen LogP contribution in [0.2, 0.25) is 0 Å². The molecule has 31 heavy (non-hydrogen) atoms. The Morgan fingerprint density at radius 3 is 2.16 bits per heavy atom. The Hall–Kier alpha value is -1.40. The molecule has 3 rings (SSSR count). The lowest BCUT2D eigenvalue weighted by Gasteiger charge is -2.39. The van der Waals surface area contributed by atoms with Crippen LogP contribution in [-0.2, 0) is 24.2 Å². The van der Waals surface area contributed by atoms with Gasteiger partial charge < -0.3 is 14.7 Å². The molecular formula is C19H31F3N2O6S. The molecule has 1 amide bonds. The summed E-state index contributed by atoms with van der Waals surface area (Å²) in [7, 11) is -1.48. The van der Waals surface area contributed by atoms with E-state index < -0.39 is 22.0 Å². The number of sulfone groups is 1. The van der Waals surface area contributed by atoms with E-state index in [0.29, 0.717) is 19.1 Å². The molecule has 1 unspecified atom stereocenters. The fourth-order valence-corrected chi connectivity index (χ4v) is 5.00. The number of nitrogens with zero attached hydrogens (tertiary/aromatic N) is 2. The molecule has 1 atom stereocenters. The SMILES string of the molecule is COCC1CC2(CCN(C(=O)CS(C)(=O)=O)CC2)CN1CC1CC1.O=C(O)C(F)(F)F. The lowest BCUT2D eigenvalue weighted by atomic mass is 9.76. The maximum absolute atomic E-state index is 12.1. The van der Waals surface area contributed by atoms with Crippen molar-refractivity contribution in [2.24, 2.45) is 11.3 Å². The number of carboxylic acids is 1. The van der Waals surface area contributed by atoms with Crippen molar-refractivity contribution in [3.63, 3.8) is 0 Å². The first-order valence-corrected chi connectivity index (χ1v) is 12.3. The molecule has 2 aliphatic heterocycles. The van der Waals surface area contributed by atoms with Crippen LogP contribution in [0, 0.1) is 11.3 Å². The van der Waals surface area contributed by atoms with Crippen LogP contribution in [0.15, 0.2) is 0 Å². The van der Waals surface area contributed by atoms with Gasteiger partial charge in [0.05, 0.1) is 6.61 Å². The van der Waals surface area contributed by atoms with Crippen molar-refractivity contribution in [2.75, 3.05) is 51.9 Å². The molecule has 1 saturated carbocycles. The van der Waals surface area contributed by atoms with Gasteiger partial charge in [0.15, 0.2) is 9.84 Å². The molecule has 0 radical (unpaired) electrons.